The summed E-state index contributed by atoms with van der Waals surface area (Å²) in [6, 6.07) is 18.8. The van der Waals surface area contributed by atoms with Gasteiger partial charge in [-0.25, -0.2) is 8.42 Å². The van der Waals surface area contributed by atoms with E-state index in [1.807, 2.05) is 30.3 Å². The minimum absolute atomic E-state index is 0.000841. The van der Waals surface area contributed by atoms with E-state index in [0.29, 0.717) is 29.4 Å². The van der Waals surface area contributed by atoms with Crippen LogP contribution in [0.2, 0.25) is 0 Å². The van der Waals surface area contributed by atoms with Crippen LogP contribution in [0.3, 0.4) is 0 Å². The van der Waals surface area contributed by atoms with Crippen LogP contribution in [0.5, 0.6) is 23.0 Å². The number of nitrogens with zero attached hydrogens (tertiary/aromatic N) is 1. The number of hydrogen-bond donors (Lipinski definition) is 1. The second kappa shape index (κ2) is 10.7. The van der Waals surface area contributed by atoms with Gasteiger partial charge in [-0.3, -0.25) is 4.79 Å². The van der Waals surface area contributed by atoms with Crippen LogP contribution in [0.4, 0.5) is 5.69 Å². The highest BCUT2D eigenvalue weighted by Gasteiger charge is 2.28. The first kappa shape index (κ1) is 24.4. The highest BCUT2D eigenvalue weighted by molar-refractivity contribution is 7.89. The number of amides is 1. The molecule has 0 saturated heterocycles. The standard InChI is InChI=1S/C25H26N2O7S/c1-31-21-11-9-20(15-23(21)32-2)35(29,30)27(13-12-18-6-4-3-5-7-18)16-25(28)26-19-8-10-22-24(14-19)34-17-33-22/h3-11,14-15H,12-13,16-17H2,1-2H3,(H,26,28). The molecule has 1 amide bonds. The first-order valence-corrected chi connectivity index (χ1v) is 12.3. The summed E-state index contributed by atoms with van der Waals surface area (Å²) in [5.74, 6) is 1.30. The fourth-order valence-electron chi connectivity index (χ4n) is 3.64. The number of fused-ring (bicyclic) bond motifs is 1. The van der Waals surface area contributed by atoms with E-state index in [-0.39, 0.29) is 30.5 Å². The van der Waals surface area contributed by atoms with E-state index in [0.717, 1.165) is 9.87 Å². The lowest BCUT2D eigenvalue weighted by molar-refractivity contribution is -0.116. The molecule has 4 rings (SSSR count). The summed E-state index contributed by atoms with van der Waals surface area (Å²) in [7, 11) is -1.13. The topological polar surface area (TPSA) is 103 Å². The summed E-state index contributed by atoms with van der Waals surface area (Å²) >= 11 is 0. The molecule has 0 aromatic heterocycles. The van der Waals surface area contributed by atoms with Gasteiger partial charge in [0.25, 0.3) is 0 Å². The average Bonchev–Trinajstić information content (AvgIpc) is 3.34. The van der Waals surface area contributed by atoms with Gasteiger partial charge in [-0.2, -0.15) is 4.31 Å². The Balaban J connectivity index is 1.57. The molecule has 35 heavy (non-hydrogen) atoms. The normalized spacial score (nSPS) is 12.4. The van der Waals surface area contributed by atoms with E-state index >= 15 is 0 Å². The van der Waals surface area contributed by atoms with Gasteiger partial charge in [0, 0.05) is 24.4 Å². The molecule has 184 valence electrons. The van der Waals surface area contributed by atoms with Gasteiger partial charge in [-0.05, 0) is 36.2 Å². The largest absolute Gasteiger partial charge is 0.493 e. The molecule has 3 aromatic carbocycles. The molecule has 0 spiro atoms. The van der Waals surface area contributed by atoms with Gasteiger partial charge >= 0.3 is 0 Å². The maximum atomic E-state index is 13.6. The number of sulfonamides is 1. The molecule has 1 aliphatic rings. The second-order valence-electron chi connectivity index (χ2n) is 7.71. The van der Waals surface area contributed by atoms with Gasteiger partial charge in [0.1, 0.15) is 0 Å². The van der Waals surface area contributed by atoms with Crippen molar-refractivity contribution in [1.82, 2.24) is 4.31 Å². The first-order chi connectivity index (χ1) is 16.9. The Hall–Kier alpha value is -3.76. The van der Waals surface area contributed by atoms with Crippen molar-refractivity contribution in [2.24, 2.45) is 0 Å². The summed E-state index contributed by atoms with van der Waals surface area (Å²) in [5.41, 5.74) is 1.43. The van der Waals surface area contributed by atoms with Crippen molar-refractivity contribution < 1.29 is 32.2 Å². The third-order valence-electron chi connectivity index (χ3n) is 5.46. The molecular formula is C25H26N2O7S. The zero-order valence-corrected chi connectivity index (χ0v) is 20.2. The molecule has 0 saturated carbocycles. The van der Waals surface area contributed by atoms with Gasteiger partial charge in [0.05, 0.1) is 25.7 Å². The SMILES string of the molecule is COc1ccc(S(=O)(=O)N(CCc2ccccc2)CC(=O)Nc2ccc3c(c2)OCO3)cc1OC. The summed E-state index contributed by atoms with van der Waals surface area (Å²) < 4.78 is 49.4. The predicted molar refractivity (Wildman–Crippen MR) is 130 cm³/mol. The molecule has 0 fully saturated rings. The van der Waals surface area contributed by atoms with E-state index in [4.69, 9.17) is 18.9 Å². The van der Waals surface area contributed by atoms with Crippen LogP contribution in [0, 0.1) is 0 Å². The zero-order valence-electron chi connectivity index (χ0n) is 19.4. The minimum atomic E-state index is -4.03. The molecule has 0 atom stereocenters. The Morgan fingerprint density at radius 3 is 2.43 bits per heavy atom. The smallest absolute Gasteiger partial charge is 0.243 e. The Bertz CT molecular complexity index is 1300. The van der Waals surface area contributed by atoms with Crippen LogP contribution in [0.25, 0.3) is 0 Å². The molecular weight excluding hydrogens is 472 g/mol. The van der Waals surface area contributed by atoms with Crippen LogP contribution < -0.4 is 24.3 Å². The molecule has 0 aliphatic carbocycles. The lowest BCUT2D eigenvalue weighted by Gasteiger charge is -2.22. The van der Waals surface area contributed by atoms with Gasteiger partial charge in [-0.1, -0.05) is 30.3 Å². The molecule has 3 aromatic rings. The van der Waals surface area contributed by atoms with Crippen molar-refractivity contribution in [3.05, 3.63) is 72.3 Å². The van der Waals surface area contributed by atoms with Crippen molar-refractivity contribution in [1.29, 1.82) is 0 Å². The molecule has 9 nitrogen and oxygen atoms in total. The highest BCUT2D eigenvalue weighted by atomic mass is 32.2. The van der Waals surface area contributed by atoms with Crippen molar-refractivity contribution >= 4 is 21.6 Å². The number of nitrogens with one attached hydrogen (secondary N) is 1. The van der Waals surface area contributed by atoms with Gasteiger partial charge in [0.15, 0.2) is 23.0 Å². The Kier molecular flexibility index (Phi) is 7.42. The Labute approximate surface area is 204 Å². The van der Waals surface area contributed by atoms with Crippen molar-refractivity contribution in [2.45, 2.75) is 11.3 Å². The first-order valence-electron chi connectivity index (χ1n) is 10.9. The van der Waals surface area contributed by atoms with Crippen LogP contribution in [-0.4, -0.2) is 52.7 Å². The average molecular weight is 499 g/mol. The number of benzene rings is 3. The lowest BCUT2D eigenvalue weighted by Crippen LogP contribution is -2.39. The zero-order chi connectivity index (χ0) is 24.8. The second-order valence-corrected chi connectivity index (χ2v) is 9.65. The molecule has 1 aliphatic heterocycles. The van der Waals surface area contributed by atoms with E-state index in [9.17, 15) is 13.2 Å². The number of methoxy groups -OCH3 is 2. The van der Waals surface area contributed by atoms with E-state index in [1.54, 1.807) is 18.2 Å². The monoisotopic (exact) mass is 498 g/mol. The summed E-state index contributed by atoms with van der Waals surface area (Å²) in [4.78, 5) is 12.9. The summed E-state index contributed by atoms with van der Waals surface area (Å²) in [6.45, 7) is -0.156. The number of ether oxygens (including phenoxy) is 4. The maximum Gasteiger partial charge on any atom is 0.243 e. The fraction of sp³-hybridized carbons (Fsp3) is 0.240. The Morgan fingerprint density at radius 2 is 1.69 bits per heavy atom. The maximum absolute atomic E-state index is 13.6. The van der Waals surface area contributed by atoms with Crippen LogP contribution in [0.1, 0.15) is 5.56 Å². The van der Waals surface area contributed by atoms with E-state index < -0.39 is 15.9 Å². The van der Waals surface area contributed by atoms with E-state index in [1.165, 1.54) is 32.4 Å². The number of carbonyl (C=O) groups is 1. The van der Waals surface area contributed by atoms with Crippen LogP contribution in [0.15, 0.2) is 71.6 Å². The molecule has 0 radical (unpaired) electrons. The predicted octanol–water partition coefficient (Wildman–Crippen LogP) is 3.30. The minimum Gasteiger partial charge on any atom is -0.493 e. The van der Waals surface area contributed by atoms with Gasteiger partial charge in [-0.15, -0.1) is 0 Å². The van der Waals surface area contributed by atoms with Crippen molar-refractivity contribution in [3.63, 3.8) is 0 Å². The lowest BCUT2D eigenvalue weighted by atomic mass is 10.1. The molecule has 1 N–H and O–H groups in total. The number of anilines is 1. The van der Waals surface area contributed by atoms with Crippen molar-refractivity contribution in [3.8, 4) is 23.0 Å². The number of hydrogen-bond acceptors (Lipinski definition) is 7. The fourth-order valence-corrected chi connectivity index (χ4v) is 5.06. The van der Waals surface area contributed by atoms with Crippen molar-refractivity contribution in [2.75, 3.05) is 39.4 Å². The van der Waals surface area contributed by atoms with Crippen LogP contribution in [-0.2, 0) is 21.2 Å². The van der Waals surface area contributed by atoms with E-state index in [2.05, 4.69) is 5.32 Å². The summed E-state index contributed by atoms with van der Waals surface area (Å²) in [5, 5.41) is 2.74. The summed E-state index contributed by atoms with van der Waals surface area (Å²) in [6.07, 6.45) is 0.435. The molecule has 0 bridgehead atoms. The molecule has 0 unspecified atom stereocenters. The van der Waals surface area contributed by atoms with Gasteiger partial charge < -0.3 is 24.3 Å². The highest BCUT2D eigenvalue weighted by Crippen LogP contribution is 2.34. The third-order valence-corrected chi connectivity index (χ3v) is 7.30. The molecule has 1 heterocycles. The molecule has 10 heteroatoms. The Morgan fingerprint density at radius 1 is 0.943 bits per heavy atom. The quantitative estimate of drug-likeness (QED) is 0.457. The third kappa shape index (κ3) is 5.67. The van der Waals surface area contributed by atoms with Crippen LogP contribution >= 0.6 is 0 Å². The number of carbonyl (C=O) groups excluding carboxylic acids is 1. The van der Waals surface area contributed by atoms with Gasteiger partial charge in [0.2, 0.25) is 22.7 Å². The number of rotatable bonds is 10.